The molecule has 0 amide bonds. The summed E-state index contributed by atoms with van der Waals surface area (Å²) in [6.07, 6.45) is 1.98. The Bertz CT molecular complexity index is 587. The van der Waals surface area contributed by atoms with Crippen molar-refractivity contribution in [1.29, 1.82) is 0 Å². The molecule has 19 heavy (non-hydrogen) atoms. The highest BCUT2D eigenvalue weighted by Gasteiger charge is 2.24. The molecule has 0 saturated carbocycles. The van der Waals surface area contributed by atoms with Gasteiger partial charge < -0.3 is 10.3 Å². The first kappa shape index (κ1) is 16.1. The van der Waals surface area contributed by atoms with Crippen LogP contribution in [0.2, 0.25) is 0 Å². The number of nitrogens with one attached hydrogen (secondary N) is 2. The Hall–Kier alpha value is -0.930. The summed E-state index contributed by atoms with van der Waals surface area (Å²) in [7, 11) is 0. The van der Waals surface area contributed by atoms with Crippen LogP contribution in [0.25, 0.3) is 10.9 Å². The van der Waals surface area contributed by atoms with Gasteiger partial charge in [0, 0.05) is 33.0 Å². The maximum atomic E-state index is 3.94. The zero-order valence-electron chi connectivity index (χ0n) is 11.5. The Morgan fingerprint density at radius 3 is 2.68 bits per heavy atom. The van der Waals surface area contributed by atoms with E-state index in [0.717, 1.165) is 16.5 Å². The highest BCUT2D eigenvalue weighted by Crippen LogP contribution is 2.37. The Morgan fingerprint density at radius 2 is 2.11 bits per heavy atom. The monoisotopic (exact) mass is 342 g/mol. The minimum Gasteiger partial charge on any atom is -0.383 e. The number of H-pyrrole nitrogens is 1. The van der Waals surface area contributed by atoms with Gasteiger partial charge in [-0.2, -0.15) is 0 Å². The molecule has 2 N–H and O–H groups in total. The van der Waals surface area contributed by atoms with Crippen molar-refractivity contribution in [3.05, 3.63) is 41.0 Å². The van der Waals surface area contributed by atoms with Gasteiger partial charge in [0.25, 0.3) is 0 Å². The van der Waals surface area contributed by atoms with Crippen LogP contribution in [0.1, 0.15) is 26.5 Å². The van der Waals surface area contributed by atoms with Gasteiger partial charge in [-0.1, -0.05) is 35.9 Å². The Balaban J connectivity index is 0.00000180. The largest absolute Gasteiger partial charge is 0.383 e. The first-order chi connectivity index (χ1) is 8.49. The van der Waals surface area contributed by atoms with Crippen molar-refractivity contribution in [1.82, 2.24) is 4.98 Å². The van der Waals surface area contributed by atoms with Crippen molar-refractivity contribution in [3.8, 4) is 0 Å². The highest BCUT2D eigenvalue weighted by molar-refractivity contribution is 9.10. The third-order valence-electron chi connectivity index (χ3n) is 3.27. The molecule has 2 rings (SSSR count). The molecule has 104 valence electrons. The molecule has 0 bridgehead atoms. The Kier molecular flexibility index (Phi) is 5.11. The quantitative estimate of drug-likeness (QED) is 0.729. The van der Waals surface area contributed by atoms with Crippen molar-refractivity contribution < 1.29 is 0 Å². The minimum absolute atomic E-state index is 0. The number of fused-ring (bicyclic) bond motifs is 1. The van der Waals surface area contributed by atoms with Gasteiger partial charge in [-0.15, -0.1) is 19.0 Å². The van der Waals surface area contributed by atoms with Crippen molar-refractivity contribution in [2.24, 2.45) is 0 Å². The molecule has 0 fully saturated rings. The average Bonchev–Trinajstić information content (AvgIpc) is 2.68. The zero-order chi connectivity index (χ0) is 13.3. The van der Waals surface area contributed by atoms with Crippen LogP contribution in [0.4, 0.5) is 5.69 Å². The summed E-state index contributed by atoms with van der Waals surface area (Å²) in [5, 5.41) is 4.69. The minimum atomic E-state index is -0.0804. The van der Waals surface area contributed by atoms with Gasteiger partial charge in [0.1, 0.15) is 0 Å². The number of rotatable bonds is 4. The third-order valence-corrected chi connectivity index (χ3v) is 3.76. The van der Waals surface area contributed by atoms with Crippen LogP contribution in [0.5, 0.6) is 0 Å². The lowest BCUT2D eigenvalue weighted by atomic mass is 9.88. The molecule has 0 radical (unpaired) electrons. The summed E-state index contributed by atoms with van der Waals surface area (Å²) in [6.45, 7) is 11.3. The van der Waals surface area contributed by atoms with E-state index in [9.17, 15) is 0 Å². The number of halogens is 2. The number of anilines is 1. The fourth-order valence-electron chi connectivity index (χ4n) is 2.12. The summed E-state index contributed by atoms with van der Waals surface area (Å²) in [4.78, 5) is 3.52. The molecule has 0 atom stereocenters. The molecule has 0 spiro atoms. The number of benzene rings is 1. The standard InChI is InChI=1S/C15H19BrN2.ClH/c1-5-15(3,4)14-13(17-6-2)11-8-7-10(16)9-12(11)18-14;/h5,7-9,17-18H,1,6H2,2-4H3;1H. The second kappa shape index (κ2) is 6.02. The summed E-state index contributed by atoms with van der Waals surface area (Å²) >= 11 is 3.51. The van der Waals surface area contributed by atoms with Crippen molar-refractivity contribution in [2.75, 3.05) is 11.9 Å². The third kappa shape index (κ3) is 2.98. The lowest BCUT2D eigenvalue weighted by Crippen LogP contribution is -2.16. The molecular weight excluding hydrogens is 324 g/mol. The number of aromatic amines is 1. The molecule has 2 nitrogen and oxygen atoms in total. The van der Waals surface area contributed by atoms with E-state index in [2.05, 4.69) is 71.8 Å². The molecule has 0 saturated heterocycles. The normalized spacial score (nSPS) is 11.2. The Labute approximate surface area is 129 Å². The van der Waals surface area contributed by atoms with Gasteiger partial charge in [0.15, 0.2) is 0 Å². The van der Waals surface area contributed by atoms with Gasteiger partial charge >= 0.3 is 0 Å². The molecule has 4 heteroatoms. The molecule has 1 heterocycles. The van der Waals surface area contributed by atoms with E-state index in [1.807, 2.05) is 6.08 Å². The van der Waals surface area contributed by atoms with Gasteiger partial charge in [-0.25, -0.2) is 0 Å². The second-order valence-corrected chi connectivity index (χ2v) is 5.94. The summed E-state index contributed by atoms with van der Waals surface area (Å²) in [5.74, 6) is 0. The second-order valence-electron chi connectivity index (χ2n) is 5.02. The average molecular weight is 344 g/mol. The van der Waals surface area contributed by atoms with E-state index in [-0.39, 0.29) is 17.8 Å². The van der Waals surface area contributed by atoms with Gasteiger partial charge in [0.05, 0.1) is 5.69 Å². The number of hydrogen-bond acceptors (Lipinski definition) is 1. The van der Waals surface area contributed by atoms with E-state index in [1.165, 1.54) is 16.8 Å². The van der Waals surface area contributed by atoms with E-state index in [1.54, 1.807) is 0 Å². The van der Waals surface area contributed by atoms with Gasteiger partial charge in [0.2, 0.25) is 0 Å². The van der Waals surface area contributed by atoms with Gasteiger partial charge in [-0.05, 0) is 25.1 Å². The number of hydrogen-bond donors (Lipinski definition) is 2. The van der Waals surface area contributed by atoms with E-state index < -0.39 is 0 Å². The van der Waals surface area contributed by atoms with Crippen LogP contribution in [0, 0.1) is 0 Å². The fourth-order valence-corrected chi connectivity index (χ4v) is 2.48. The van der Waals surface area contributed by atoms with Crippen LogP contribution in [0.3, 0.4) is 0 Å². The smallest absolute Gasteiger partial charge is 0.0640 e. The zero-order valence-corrected chi connectivity index (χ0v) is 13.9. The SMILES string of the molecule is C=CC(C)(C)c1[nH]c2cc(Br)ccc2c1NCC.Cl. The van der Waals surface area contributed by atoms with E-state index in [0.29, 0.717) is 0 Å². The molecule has 1 aromatic heterocycles. The first-order valence-electron chi connectivity index (χ1n) is 6.18. The van der Waals surface area contributed by atoms with Crippen LogP contribution in [-0.4, -0.2) is 11.5 Å². The predicted octanol–water partition coefficient (Wildman–Crippen LogP) is 5.25. The maximum absolute atomic E-state index is 3.94. The molecule has 2 aromatic rings. The molecule has 0 aliphatic heterocycles. The molecule has 0 aliphatic carbocycles. The highest BCUT2D eigenvalue weighted by atomic mass is 79.9. The predicted molar refractivity (Wildman–Crippen MR) is 90.6 cm³/mol. The Morgan fingerprint density at radius 1 is 1.42 bits per heavy atom. The summed E-state index contributed by atoms with van der Waals surface area (Å²) in [5.41, 5.74) is 3.44. The van der Waals surface area contributed by atoms with E-state index in [4.69, 9.17) is 0 Å². The summed E-state index contributed by atoms with van der Waals surface area (Å²) in [6, 6.07) is 6.32. The van der Waals surface area contributed by atoms with Crippen molar-refractivity contribution in [3.63, 3.8) is 0 Å². The molecule has 1 aromatic carbocycles. The lowest BCUT2D eigenvalue weighted by Gasteiger charge is -2.21. The van der Waals surface area contributed by atoms with E-state index >= 15 is 0 Å². The first-order valence-corrected chi connectivity index (χ1v) is 6.98. The van der Waals surface area contributed by atoms with Crippen molar-refractivity contribution >= 4 is 44.9 Å². The number of allylic oxidation sites excluding steroid dienone is 1. The van der Waals surface area contributed by atoms with Crippen LogP contribution in [-0.2, 0) is 5.41 Å². The maximum Gasteiger partial charge on any atom is 0.0640 e. The summed E-state index contributed by atoms with van der Waals surface area (Å²) < 4.78 is 1.09. The molecule has 0 aliphatic rings. The topological polar surface area (TPSA) is 27.8 Å². The molecular formula is C15H20BrClN2. The van der Waals surface area contributed by atoms with Gasteiger partial charge in [-0.3, -0.25) is 0 Å². The van der Waals surface area contributed by atoms with Crippen molar-refractivity contribution in [2.45, 2.75) is 26.2 Å². The number of aromatic nitrogens is 1. The van der Waals surface area contributed by atoms with Crippen LogP contribution < -0.4 is 5.32 Å². The lowest BCUT2D eigenvalue weighted by molar-refractivity contribution is 0.654. The van der Waals surface area contributed by atoms with Crippen LogP contribution in [0.15, 0.2) is 35.3 Å². The van der Waals surface area contributed by atoms with Crippen LogP contribution >= 0.6 is 28.3 Å². The molecule has 0 unspecified atom stereocenters. The fraction of sp³-hybridized carbons (Fsp3) is 0.333.